The molecule has 0 radical (unpaired) electrons. The van der Waals surface area contributed by atoms with Crippen LogP contribution >= 0.6 is 11.3 Å². The number of hydrogen-bond donors (Lipinski definition) is 1. The molecule has 1 saturated carbocycles. The molecule has 4 heteroatoms. The number of aromatic nitrogens is 2. The number of hydrogen-bond acceptors (Lipinski definition) is 3. The Balaban J connectivity index is 1.85. The Hall–Kier alpha value is -1.13. The molecule has 0 amide bonds. The van der Waals surface area contributed by atoms with E-state index < -0.39 is 0 Å². The highest BCUT2D eigenvalue weighted by Gasteiger charge is 2.26. The number of rotatable bonds is 2. The Bertz CT molecular complexity index is 579. The van der Waals surface area contributed by atoms with Crippen LogP contribution in [0.1, 0.15) is 43.0 Å². The maximum absolute atomic E-state index is 5.03. The molecule has 2 aromatic rings. The maximum atomic E-state index is 5.03. The first-order valence-corrected chi connectivity index (χ1v) is 8.66. The molecule has 0 aromatic carbocycles. The van der Waals surface area contributed by atoms with E-state index in [0.717, 1.165) is 25.9 Å². The maximum Gasteiger partial charge on any atom is 0.0820 e. The van der Waals surface area contributed by atoms with Crippen molar-refractivity contribution in [1.82, 2.24) is 15.1 Å². The van der Waals surface area contributed by atoms with Crippen molar-refractivity contribution in [3.63, 3.8) is 0 Å². The van der Waals surface area contributed by atoms with Crippen molar-refractivity contribution in [2.45, 2.75) is 44.6 Å². The van der Waals surface area contributed by atoms with Crippen molar-refractivity contribution in [2.24, 2.45) is 0 Å². The van der Waals surface area contributed by atoms with E-state index in [1.54, 1.807) is 0 Å². The molecule has 1 fully saturated rings. The summed E-state index contributed by atoms with van der Waals surface area (Å²) in [5.41, 5.74) is 4.26. The van der Waals surface area contributed by atoms with Gasteiger partial charge in [-0.15, -0.1) is 11.3 Å². The zero-order valence-electron chi connectivity index (χ0n) is 11.8. The minimum absolute atomic E-state index is 0.631. The second-order valence-electron chi connectivity index (χ2n) is 5.88. The summed E-state index contributed by atoms with van der Waals surface area (Å²) in [6.07, 6.45) is 7.53. The van der Waals surface area contributed by atoms with Gasteiger partial charge in [0, 0.05) is 18.5 Å². The van der Waals surface area contributed by atoms with Gasteiger partial charge in [0.2, 0.25) is 0 Å². The van der Waals surface area contributed by atoms with E-state index in [1.807, 2.05) is 11.3 Å². The highest BCUT2D eigenvalue weighted by molar-refractivity contribution is 7.13. The van der Waals surface area contributed by atoms with Gasteiger partial charge < -0.3 is 5.32 Å². The molecule has 0 bridgehead atoms. The molecule has 0 unspecified atom stereocenters. The quantitative estimate of drug-likeness (QED) is 0.917. The Kier molecular flexibility index (Phi) is 3.36. The van der Waals surface area contributed by atoms with Gasteiger partial charge in [0.25, 0.3) is 0 Å². The minimum atomic E-state index is 0.631. The summed E-state index contributed by atoms with van der Waals surface area (Å²) in [6.45, 7) is 2.15. The first-order valence-electron chi connectivity index (χ1n) is 7.78. The molecule has 1 N–H and O–H groups in total. The first-order chi connectivity index (χ1) is 9.93. The summed E-state index contributed by atoms with van der Waals surface area (Å²) in [6, 6.07) is 5.05. The van der Waals surface area contributed by atoms with E-state index in [9.17, 15) is 0 Å². The van der Waals surface area contributed by atoms with Gasteiger partial charge >= 0.3 is 0 Å². The summed E-state index contributed by atoms with van der Waals surface area (Å²) in [5.74, 6) is 0. The van der Waals surface area contributed by atoms with Crippen LogP contribution in [0.15, 0.2) is 17.5 Å². The first kappa shape index (κ1) is 12.6. The van der Waals surface area contributed by atoms with E-state index in [0.29, 0.717) is 6.04 Å². The molecule has 4 rings (SSSR count). The van der Waals surface area contributed by atoms with Crippen molar-refractivity contribution >= 4 is 11.3 Å². The number of nitrogens with zero attached hydrogens (tertiary/aromatic N) is 2. The molecular formula is C16H21N3S. The third-order valence-corrected chi connectivity index (χ3v) is 5.48. The van der Waals surface area contributed by atoms with Crippen LogP contribution in [-0.2, 0) is 12.8 Å². The molecule has 2 aliphatic rings. The average molecular weight is 287 g/mol. The SMILES string of the molecule is c1csc(-c2c3c(nn2C2CCCC2)CCNCC3)c1. The molecule has 2 aromatic heterocycles. The van der Waals surface area contributed by atoms with Crippen LogP contribution in [0.3, 0.4) is 0 Å². The van der Waals surface area contributed by atoms with Crippen molar-refractivity contribution in [3.05, 3.63) is 28.8 Å². The van der Waals surface area contributed by atoms with Gasteiger partial charge in [-0.25, -0.2) is 0 Å². The monoisotopic (exact) mass is 287 g/mol. The summed E-state index contributed by atoms with van der Waals surface area (Å²) >= 11 is 1.85. The van der Waals surface area contributed by atoms with Gasteiger partial charge in [0.1, 0.15) is 0 Å². The topological polar surface area (TPSA) is 29.9 Å². The fourth-order valence-corrected chi connectivity index (χ4v) is 4.40. The van der Waals surface area contributed by atoms with Gasteiger partial charge in [0.05, 0.1) is 22.3 Å². The molecule has 1 aliphatic carbocycles. The molecule has 3 nitrogen and oxygen atoms in total. The zero-order chi connectivity index (χ0) is 13.4. The smallest absolute Gasteiger partial charge is 0.0820 e. The third kappa shape index (κ3) is 2.11. The minimum Gasteiger partial charge on any atom is -0.316 e. The van der Waals surface area contributed by atoms with Gasteiger partial charge in [-0.05, 0) is 37.3 Å². The lowest BCUT2D eigenvalue weighted by Gasteiger charge is -2.14. The molecule has 0 atom stereocenters. The molecule has 1 aliphatic heterocycles. The summed E-state index contributed by atoms with van der Waals surface area (Å²) in [5, 5.41) is 10.7. The summed E-state index contributed by atoms with van der Waals surface area (Å²) in [7, 11) is 0. The van der Waals surface area contributed by atoms with Gasteiger partial charge in [-0.1, -0.05) is 18.9 Å². The van der Waals surface area contributed by atoms with E-state index in [-0.39, 0.29) is 0 Å². The van der Waals surface area contributed by atoms with Crippen LogP contribution in [0.2, 0.25) is 0 Å². The molecule has 106 valence electrons. The lowest BCUT2D eigenvalue weighted by molar-refractivity contribution is 0.467. The molecule has 20 heavy (non-hydrogen) atoms. The fraction of sp³-hybridized carbons (Fsp3) is 0.562. The Morgan fingerprint density at radius 2 is 2.05 bits per heavy atom. The van der Waals surface area contributed by atoms with Crippen molar-refractivity contribution in [1.29, 1.82) is 0 Å². The third-order valence-electron chi connectivity index (χ3n) is 4.61. The van der Waals surface area contributed by atoms with Crippen LogP contribution < -0.4 is 5.32 Å². The van der Waals surface area contributed by atoms with Crippen LogP contribution in [0.4, 0.5) is 0 Å². The lowest BCUT2D eigenvalue weighted by Crippen LogP contribution is -2.17. The fourth-order valence-electron chi connectivity index (χ4n) is 3.61. The predicted molar refractivity (Wildman–Crippen MR) is 83.3 cm³/mol. The second-order valence-corrected chi connectivity index (χ2v) is 6.83. The van der Waals surface area contributed by atoms with E-state index >= 15 is 0 Å². The van der Waals surface area contributed by atoms with E-state index in [4.69, 9.17) is 5.10 Å². The highest BCUT2D eigenvalue weighted by atomic mass is 32.1. The average Bonchev–Trinajstić information content (AvgIpc) is 3.16. The van der Waals surface area contributed by atoms with Crippen LogP contribution in [0, 0.1) is 0 Å². The number of thiophene rings is 1. The van der Waals surface area contributed by atoms with Crippen molar-refractivity contribution in [2.75, 3.05) is 13.1 Å². The predicted octanol–water partition coefficient (Wildman–Crippen LogP) is 3.41. The van der Waals surface area contributed by atoms with Crippen LogP contribution in [-0.4, -0.2) is 22.9 Å². The van der Waals surface area contributed by atoms with Crippen molar-refractivity contribution in [3.8, 4) is 10.6 Å². The van der Waals surface area contributed by atoms with E-state index in [1.165, 1.54) is 47.5 Å². The Morgan fingerprint density at radius 3 is 2.85 bits per heavy atom. The van der Waals surface area contributed by atoms with Gasteiger partial charge in [-0.2, -0.15) is 5.10 Å². The number of nitrogens with one attached hydrogen (secondary N) is 1. The van der Waals surface area contributed by atoms with Gasteiger partial charge in [-0.3, -0.25) is 4.68 Å². The largest absolute Gasteiger partial charge is 0.316 e. The summed E-state index contributed by atoms with van der Waals surface area (Å²) in [4.78, 5) is 1.40. The normalized spacial score (nSPS) is 20.0. The standard InChI is InChI=1S/C16H21N3S/c1-2-5-12(4-1)19-16(15-6-3-11-20-15)13-7-9-17-10-8-14(13)18-19/h3,6,11-12,17H,1-2,4-5,7-10H2. The Morgan fingerprint density at radius 1 is 1.20 bits per heavy atom. The van der Waals surface area contributed by atoms with Gasteiger partial charge in [0.15, 0.2) is 0 Å². The number of fused-ring (bicyclic) bond motifs is 1. The van der Waals surface area contributed by atoms with E-state index in [2.05, 4.69) is 27.5 Å². The second kappa shape index (κ2) is 5.34. The van der Waals surface area contributed by atoms with Crippen LogP contribution in [0.5, 0.6) is 0 Å². The summed E-state index contributed by atoms with van der Waals surface area (Å²) < 4.78 is 2.38. The lowest BCUT2D eigenvalue weighted by atomic mass is 10.1. The molecule has 3 heterocycles. The van der Waals surface area contributed by atoms with Crippen LogP contribution in [0.25, 0.3) is 10.6 Å². The zero-order valence-corrected chi connectivity index (χ0v) is 12.6. The molecule has 0 spiro atoms. The Labute approximate surface area is 124 Å². The van der Waals surface area contributed by atoms with Crippen molar-refractivity contribution < 1.29 is 0 Å². The molecular weight excluding hydrogens is 266 g/mol. The highest BCUT2D eigenvalue weighted by Crippen LogP contribution is 2.38. The molecule has 0 saturated heterocycles.